The SMILES string of the molecule is COc1ccc(-c2ccccc2N2CCN(CC(C)(C)CCCOc3cnccn3)CC2)cc1. The highest BCUT2D eigenvalue weighted by Gasteiger charge is 2.25. The fraction of sp³-hybridized carbons (Fsp3) is 0.429. The third kappa shape index (κ3) is 6.48. The maximum absolute atomic E-state index is 5.71. The molecule has 180 valence electrons. The number of methoxy groups -OCH3 is 1. The second-order valence-electron chi connectivity index (χ2n) is 9.67. The molecule has 1 fully saturated rings. The van der Waals surface area contributed by atoms with Crippen molar-refractivity contribution in [3.05, 3.63) is 67.1 Å². The van der Waals surface area contributed by atoms with Gasteiger partial charge in [0.25, 0.3) is 0 Å². The maximum Gasteiger partial charge on any atom is 0.232 e. The van der Waals surface area contributed by atoms with Crippen LogP contribution in [0.25, 0.3) is 11.1 Å². The van der Waals surface area contributed by atoms with Crippen molar-refractivity contribution < 1.29 is 9.47 Å². The first-order valence-corrected chi connectivity index (χ1v) is 12.1. The summed E-state index contributed by atoms with van der Waals surface area (Å²) in [7, 11) is 1.71. The van der Waals surface area contributed by atoms with Gasteiger partial charge in [-0.05, 0) is 42.0 Å². The van der Waals surface area contributed by atoms with Crippen molar-refractivity contribution in [3.63, 3.8) is 0 Å². The predicted octanol–water partition coefficient (Wildman–Crippen LogP) is 5.16. The van der Waals surface area contributed by atoms with E-state index in [1.807, 2.05) is 12.1 Å². The smallest absolute Gasteiger partial charge is 0.232 e. The summed E-state index contributed by atoms with van der Waals surface area (Å²) >= 11 is 0. The summed E-state index contributed by atoms with van der Waals surface area (Å²) in [6.45, 7) is 10.7. The summed E-state index contributed by atoms with van der Waals surface area (Å²) in [6.07, 6.45) is 7.12. The summed E-state index contributed by atoms with van der Waals surface area (Å²) in [6, 6.07) is 17.1. The molecule has 1 saturated heterocycles. The molecule has 3 aromatic rings. The van der Waals surface area contributed by atoms with Gasteiger partial charge in [0.05, 0.1) is 19.9 Å². The van der Waals surface area contributed by atoms with Gasteiger partial charge in [0.1, 0.15) is 5.75 Å². The van der Waals surface area contributed by atoms with Crippen molar-refractivity contribution in [3.8, 4) is 22.8 Å². The van der Waals surface area contributed by atoms with Crippen LogP contribution in [0.1, 0.15) is 26.7 Å². The normalized spacial score (nSPS) is 14.7. The number of rotatable bonds is 10. The fourth-order valence-corrected chi connectivity index (χ4v) is 4.68. The molecule has 0 radical (unpaired) electrons. The highest BCUT2D eigenvalue weighted by molar-refractivity contribution is 5.79. The molecule has 6 nitrogen and oxygen atoms in total. The van der Waals surface area contributed by atoms with Gasteiger partial charge in [-0.2, -0.15) is 0 Å². The quantitative estimate of drug-likeness (QED) is 0.390. The second kappa shape index (κ2) is 11.3. The Morgan fingerprint density at radius 1 is 0.941 bits per heavy atom. The Balaban J connectivity index is 1.28. The van der Waals surface area contributed by atoms with E-state index in [0.717, 1.165) is 51.3 Å². The molecule has 2 heterocycles. The van der Waals surface area contributed by atoms with Gasteiger partial charge in [0.15, 0.2) is 0 Å². The molecule has 0 atom stereocenters. The van der Waals surface area contributed by atoms with Crippen LogP contribution in [0.2, 0.25) is 0 Å². The van der Waals surface area contributed by atoms with Gasteiger partial charge in [0.2, 0.25) is 5.88 Å². The molecule has 34 heavy (non-hydrogen) atoms. The van der Waals surface area contributed by atoms with Gasteiger partial charge in [-0.25, -0.2) is 4.98 Å². The molecule has 0 saturated carbocycles. The molecule has 0 bridgehead atoms. The lowest BCUT2D eigenvalue weighted by Crippen LogP contribution is -2.49. The minimum atomic E-state index is 0.245. The lowest BCUT2D eigenvalue weighted by molar-refractivity contribution is 0.151. The molecule has 0 N–H and O–H groups in total. The number of nitrogens with zero attached hydrogens (tertiary/aromatic N) is 4. The van der Waals surface area contributed by atoms with Crippen LogP contribution in [-0.2, 0) is 0 Å². The molecule has 1 aliphatic heterocycles. The maximum atomic E-state index is 5.71. The van der Waals surface area contributed by atoms with Crippen LogP contribution in [0.15, 0.2) is 67.1 Å². The van der Waals surface area contributed by atoms with Gasteiger partial charge >= 0.3 is 0 Å². The zero-order valence-corrected chi connectivity index (χ0v) is 20.6. The van der Waals surface area contributed by atoms with Crippen LogP contribution in [-0.4, -0.2) is 61.3 Å². The summed E-state index contributed by atoms with van der Waals surface area (Å²) in [5.41, 5.74) is 4.06. The van der Waals surface area contributed by atoms with E-state index < -0.39 is 0 Å². The molecule has 0 spiro atoms. The first kappa shape index (κ1) is 24.0. The zero-order valence-electron chi connectivity index (χ0n) is 20.6. The number of hydrogen-bond donors (Lipinski definition) is 0. The Kier molecular flexibility index (Phi) is 8.01. The van der Waals surface area contributed by atoms with Gasteiger partial charge in [0, 0.05) is 56.4 Å². The Morgan fingerprint density at radius 2 is 1.71 bits per heavy atom. The van der Waals surface area contributed by atoms with E-state index in [2.05, 4.69) is 70.0 Å². The third-order valence-electron chi connectivity index (χ3n) is 6.46. The van der Waals surface area contributed by atoms with Crippen LogP contribution >= 0.6 is 0 Å². The number of hydrogen-bond acceptors (Lipinski definition) is 6. The minimum Gasteiger partial charge on any atom is -0.497 e. The van der Waals surface area contributed by atoms with E-state index >= 15 is 0 Å². The first-order chi connectivity index (χ1) is 16.5. The topological polar surface area (TPSA) is 50.7 Å². The number of piperazine rings is 1. The Hall–Kier alpha value is -3.12. The first-order valence-electron chi connectivity index (χ1n) is 12.1. The summed E-state index contributed by atoms with van der Waals surface area (Å²) in [5.74, 6) is 1.49. The molecule has 2 aromatic carbocycles. The van der Waals surface area contributed by atoms with Crippen LogP contribution in [0.5, 0.6) is 11.6 Å². The van der Waals surface area contributed by atoms with Gasteiger partial charge < -0.3 is 14.4 Å². The zero-order chi connectivity index (χ0) is 23.8. The highest BCUT2D eigenvalue weighted by atomic mass is 16.5. The molecule has 0 unspecified atom stereocenters. The lowest BCUT2D eigenvalue weighted by Gasteiger charge is -2.40. The van der Waals surface area contributed by atoms with Crippen molar-refractivity contribution in [1.29, 1.82) is 0 Å². The molecule has 0 amide bonds. The van der Waals surface area contributed by atoms with E-state index in [1.54, 1.807) is 25.7 Å². The monoisotopic (exact) mass is 460 g/mol. The summed E-state index contributed by atoms with van der Waals surface area (Å²) in [4.78, 5) is 13.3. The molecule has 1 aliphatic rings. The van der Waals surface area contributed by atoms with Gasteiger partial charge in [-0.1, -0.05) is 44.2 Å². The van der Waals surface area contributed by atoms with E-state index in [1.165, 1.54) is 16.8 Å². The van der Waals surface area contributed by atoms with Gasteiger partial charge in [-0.15, -0.1) is 0 Å². The van der Waals surface area contributed by atoms with Crippen LogP contribution in [0.3, 0.4) is 0 Å². The standard InChI is InChI=1S/C28H36N4O2/c1-28(2,13-6-20-34-27-21-29-14-15-30-27)22-31-16-18-32(19-17-31)26-8-5-4-7-25(26)23-9-11-24(33-3)12-10-23/h4-5,7-12,14-15,21H,6,13,16-20,22H2,1-3H3. The Bertz CT molecular complexity index is 1020. The molecule has 0 aliphatic carbocycles. The number of aromatic nitrogens is 2. The largest absolute Gasteiger partial charge is 0.497 e. The summed E-state index contributed by atoms with van der Waals surface area (Å²) in [5, 5.41) is 0. The lowest BCUT2D eigenvalue weighted by atomic mass is 9.87. The number of para-hydroxylation sites is 1. The highest BCUT2D eigenvalue weighted by Crippen LogP contribution is 2.33. The fourth-order valence-electron chi connectivity index (χ4n) is 4.68. The van der Waals surface area contributed by atoms with E-state index in [-0.39, 0.29) is 5.41 Å². The Labute approximate surface area is 203 Å². The molecule has 1 aromatic heterocycles. The number of anilines is 1. The number of benzene rings is 2. The second-order valence-corrected chi connectivity index (χ2v) is 9.67. The van der Waals surface area contributed by atoms with Crippen molar-refractivity contribution in [2.24, 2.45) is 5.41 Å². The average molecular weight is 461 g/mol. The van der Waals surface area contributed by atoms with Crippen molar-refractivity contribution in [2.45, 2.75) is 26.7 Å². The van der Waals surface area contributed by atoms with Crippen LogP contribution in [0, 0.1) is 5.41 Å². The molecular formula is C28H36N4O2. The van der Waals surface area contributed by atoms with Crippen LogP contribution < -0.4 is 14.4 Å². The number of ether oxygens (including phenoxy) is 2. The molecule has 4 rings (SSSR count). The van der Waals surface area contributed by atoms with E-state index in [0.29, 0.717) is 12.5 Å². The predicted molar refractivity (Wildman–Crippen MR) is 138 cm³/mol. The summed E-state index contributed by atoms with van der Waals surface area (Å²) < 4.78 is 11.0. The molecular weight excluding hydrogens is 424 g/mol. The van der Waals surface area contributed by atoms with Crippen LogP contribution in [0.4, 0.5) is 5.69 Å². The third-order valence-corrected chi connectivity index (χ3v) is 6.46. The molecule has 6 heteroatoms. The van der Waals surface area contributed by atoms with Crippen molar-refractivity contribution in [2.75, 3.05) is 51.3 Å². The van der Waals surface area contributed by atoms with Crippen molar-refractivity contribution in [1.82, 2.24) is 14.9 Å². The van der Waals surface area contributed by atoms with E-state index in [9.17, 15) is 0 Å². The van der Waals surface area contributed by atoms with E-state index in [4.69, 9.17) is 9.47 Å². The minimum absolute atomic E-state index is 0.245. The average Bonchev–Trinajstić information content (AvgIpc) is 2.88. The van der Waals surface area contributed by atoms with Gasteiger partial charge in [-0.3, -0.25) is 9.88 Å². The van der Waals surface area contributed by atoms with Crippen molar-refractivity contribution >= 4 is 5.69 Å². The Morgan fingerprint density at radius 3 is 2.41 bits per heavy atom.